The summed E-state index contributed by atoms with van der Waals surface area (Å²) in [5, 5.41) is 6.29. The molecule has 3 amide bonds. The third-order valence-electron chi connectivity index (χ3n) is 9.23. The maximum atomic E-state index is 14.2. The van der Waals surface area contributed by atoms with Crippen molar-refractivity contribution in [2.24, 2.45) is 11.8 Å². The molecule has 2 N–H and O–H groups in total. The first-order chi connectivity index (χ1) is 20.4. The molecule has 3 heterocycles. The molecule has 1 saturated carbocycles. The third-order valence-corrected chi connectivity index (χ3v) is 9.96. The number of likely N-dealkylation sites (N-methyl/N-ethyl adjacent to an activating group) is 1. The molecular weight excluding hydrogens is 548 g/mol. The van der Waals surface area contributed by atoms with Gasteiger partial charge >= 0.3 is 0 Å². The molecule has 1 spiro atoms. The van der Waals surface area contributed by atoms with E-state index < -0.39 is 29.6 Å². The van der Waals surface area contributed by atoms with Crippen molar-refractivity contribution in [3.05, 3.63) is 72.3 Å². The molecule has 6 rings (SSSR count). The molecule has 8 nitrogen and oxygen atoms in total. The minimum Gasteiger partial charge on any atom is -0.359 e. The Labute approximate surface area is 252 Å². The first-order valence-electron chi connectivity index (χ1n) is 15.0. The van der Waals surface area contributed by atoms with Crippen LogP contribution in [0.15, 0.2) is 71.6 Å². The molecule has 5 atom stereocenters. The molecule has 42 heavy (non-hydrogen) atoms. The van der Waals surface area contributed by atoms with Gasteiger partial charge in [-0.1, -0.05) is 67.8 Å². The number of thioether (sulfide) groups is 1. The predicted octanol–water partition coefficient (Wildman–Crippen LogP) is 4.08. The Morgan fingerprint density at radius 3 is 2.62 bits per heavy atom. The summed E-state index contributed by atoms with van der Waals surface area (Å²) in [7, 11) is 2.02. The average Bonchev–Trinajstić information content (AvgIpc) is 3.64. The van der Waals surface area contributed by atoms with Crippen LogP contribution >= 0.6 is 11.8 Å². The highest BCUT2D eigenvalue weighted by molar-refractivity contribution is 7.98. The van der Waals surface area contributed by atoms with Gasteiger partial charge in [-0.15, -0.1) is 11.8 Å². The summed E-state index contributed by atoms with van der Waals surface area (Å²) in [6, 6.07) is 17.1. The monoisotopic (exact) mass is 588 g/mol. The third kappa shape index (κ3) is 5.50. The zero-order chi connectivity index (χ0) is 29.3. The molecule has 2 aromatic carbocycles. The van der Waals surface area contributed by atoms with E-state index in [2.05, 4.69) is 27.7 Å². The largest absolute Gasteiger partial charge is 0.359 e. The number of anilines is 1. The average molecular weight is 589 g/mol. The Morgan fingerprint density at radius 2 is 1.86 bits per heavy atom. The number of hydrogen-bond donors (Lipinski definition) is 2. The minimum atomic E-state index is -1.15. The molecule has 2 bridgehead atoms. The van der Waals surface area contributed by atoms with E-state index in [1.807, 2.05) is 67.9 Å². The Kier molecular flexibility index (Phi) is 8.43. The van der Waals surface area contributed by atoms with Gasteiger partial charge in [-0.05, 0) is 49.9 Å². The number of nitrogens with zero attached hydrogens (tertiary/aromatic N) is 2. The second-order valence-corrected chi connectivity index (χ2v) is 12.9. The van der Waals surface area contributed by atoms with Gasteiger partial charge in [-0.3, -0.25) is 14.4 Å². The zero-order valence-electron chi connectivity index (χ0n) is 24.3. The van der Waals surface area contributed by atoms with E-state index in [1.165, 1.54) is 12.0 Å². The number of likely N-dealkylation sites (tertiary alicyclic amines) is 1. The van der Waals surface area contributed by atoms with Crippen LogP contribution in [0.5, 0.6) is 0 Å². The number of ether oxygens (including phenoxy) is 1. The van der Waals surface area contributed by atoms with Crippen LogP contribution in [0.4, 0.5) is 5.69 Å². The molecule has 0 radical (unpaired) electrons. The fraction of sp³-hybridized carbons (Fsp3) is 0.485. The highest BCUT2D eigenvalue weighted by Crippen LogP contribution is 2.55. The lowest BCUT2D eigenvalue weighted by Gasteiger charge is -2.34. The van der Waals surface area contributed by atoms with Crippen molar-refractivity contribution in [2.75, 3.05) is 31.7 Å². The number of fused-ring (bicyclic) bond motifs is 1. The quantitative estimate of drug-likeness (QED) is 0.321. The summed E-state index contributed by atoms with van der Waals surface area (Å²) in [4.78, 5) is 46.9. The van der Waals surface area contributed by atoms with E-state index in [0.29, 0.717) is 18.8 Å². The van der Waals surface area contributed by atoms with Gasteiger partial charge in [0.05, 0.1) is 17.9 Å². The van der Waals surface area contributed by atoms with E-state index >= 15 is 0 Å². The molecule has 9 heteroatoms. The summed E-state index contributed by atoms with van der Waals surface area (Å²) in [6.45, 7) is 1.69. The van der Waals surface area contributed by atoms with E-state index in [1.54, 1.807) is 16.7 Å². The summed E-state index contributed by atoms with van der Waals surface area (Å²) in [5.74, 6) is -2.08. The second kappa shape index (κ2) is 12.2. The zero-order valence-corrected chi connectivity index (χ0v) is 25.1. The second-order valence-electron chi connectivity index (χ2n) is 12.0. The molecule has 0 aromatic heterocycles. The molecule has 0 unspecified atom stereocenters. The first-order valence-corrected chi connectivity index (χ1v) is 16.3. The maximum absolute atomic E-state index is 14.2. The first kappa shape index (κ1) is 29.0. The van der Waals surface area contributed by atoms with Crippen LogP contribution < -0.4 is 10.6 Å². The summed E-state index contributed by atoms with van der Waals surface area (Å²) in [5.41, 5.74) is 0.716. The Balaban J connectivity index is 1.24. The molecule has 4 aliphatic rings. The maximum Gasteiger partial charge on any atom is 0.246 e. The van der Waals surface area contributed by atoms with Gasteiger partial charge < -0.3 is 25.2 Å². The van der Waals surface area contributed by atoms with Gasteiger partial charge in [-0.2, -0.15) is 0 Å². The molecule has 2 aromatic rings. The number of amides is 3. The van der Waals surface area contributed by atoms with Crippen LogP contribution in [0, 0.1) is 11.8 Å². The molecular formula is C33H40N4O4S. The van der Waals surface area contributed by atoms with Crippen LogP contribution in [-0.4, -0.2) is 77.7 Å². The van der Waals surface area contributed by atoms with Crippen molar-refractivity contribution < 1.29 is 19.1 Å². The van der Waals surface area contributed by atoms with Crippen molar-refractivity contribution in [3.63, 3.8) is 0 Å². The Hall–Kier alpha value is -3.14. The van der Waals surface area contributed by atoms with Crippen LogP contribution in [0.25, 0.3) is 0 Å². The lowest BCUT2D eigenvalue weighted by atomic mass is 9.74. The number of benzene rings is 2. The fourth-order valence-electron chi connectivity index (χ4n) is 7.21. The van der Waals surface area contributed by atoms with Crippen molar-refractivity contribution in [1.29, 1.82) is 0 Å². The van der Waals surface area contributed by atoms with E-state index in [0.717, 1.165) is 37.1 Å². The predicted molar refractivity (Wildman–Crippen MR) is 164 cm³/mol. The highest BCUT2D eigenvalue weighted by Gasteiger charge is 2.72. The number of rotatable bonds is 10. The van der Waals surface area contributed by atoms with E-state index in [-0.39, 0.29) is 23.8 Å². The normalized spacial score (nSPS) is 28.4. The van der Waals surface area contributed by atoms with Crippen molar-refractivity contribution in [1.82, 2.24) is 15.1 Å². The van der Waals surface area contributed by atoms with Crippen LogP contribution in [0.1, 0.15) is 37.7 Å². The summed E-state index contributed by atoms with van der Waals surface area (Å²) in [6.07, 6.45) is 10.5. The Bertz CT molecular complexity index is 1350. The van der Waals surface area contributed by atoms with Gasteiger partial charge in [0.15, 0.2) is 0 Å². The van der Waals surface area contributed by atoms with E-state index in [9.17, 15) is 14.4 Å². The van der Waals surface area contributed by atoms with Gasteiger partial charge in [0.25, 0.3) is 0 Å². The van der Waals surface area contributed by atoms with Crippen LogP contribution in [-0.2, 0) is 25.7 Å². The topological polar surface area (TPSA) is 91.0 Å². The van der Waals surface area contributed by atoms with Gasteiger partial charge in [0.2, 0.25) is 17.7 Å². The van der Waals surface area contributed by atoms with Crippen LogP contribution in [0.2, 0.25) is 0 Å². The SMILES string of the molecule is CSc1cccc(NC(=O)[C@@H]2[C@H]3C=C[C@]4(O3)[C@H](C(=O)NC3CCCCC3)N(CCN(C)Cc3ccccc3)C(=O)[C@@H]24)c1. The number of carbonyl (C=O) groups is 3. The van der Waals surface area contributed by atoms with Gasteiger partial charge in [0, 0.05) is 36.3 Å². The lowest BCUT2D eigenvalue weighted by molar-refractivity contribution is -0.141. The molecule has 3 aliphatic heterocycles. The number of carbonyl (C=O) groups excluding carboxylic acids is 3. The van der Waals surface area contributed by atoms with Crippen LogP contribution in [0.3, 0.4) is 0 Å². The summed E-state index contributed by atoms with van der Waals surface area (Å²) < 4.78 is 6.51. The highest BCUT2D eigenvalue weighted by atomic mass is 32.2. The van der Waals surface area contributed by atoms with Crippen molar-refractivity contribution >= 4 is 35.2 Å². The molecule has 1 aliphatic carbocycles. The number of hydrogen-bond acceptors (Lipinski definition) is 6. The number of nitrogens with one attached hydrogen (secondary N) is 2. The summed E-state index contributed by atoms with van der Waals surface area (Å²) >= 11 is 1.60. The van der Waals surface area contributed by atoms with Crippen molar-refractivity contribution in [3.8, 4) is 0 Å². The Morgan fingerprint density at radius 1 is 1.07 bits per heavy atom. The lowest BCUT2D eigenvalue weighted by Crippen LogP contribution is -2.57. The molecule has 3 fully saturated rings. The fourth-order valence-corrected chi connectivity index (χ4v) is 7.67. The van der Waals surface area contributed by atoms with Gasteiger partial charge in [0.1, 0.15) is 11.6 Å². The van der Waals surface area contributed by atoms with Crippen molar-refractivity contribution in [2.45, 2.75) is 67.3 Å². The van der Waals surface area contributed by atoms with E-state index in [4.69, 9.17) is 4.74 Å². The molecule has 2 saturated heterocycles. The van der Waals surface area contributed by atoms with Gasteiger partial charge in [-0.25, -0.2) is 0 Å². The smallest absolute Gasteiger partial charge is 0.246 e. The standard InChI is InChI=1S/C33H40N4O4S/c1-36(21-22-10-5-3-6-11-22)18-19-37-29(31(39)34-23-12-7-4-8-13-23)33-17-16-26(41-33)27(28(33)32(37)40)30(38)35-24-14-9-15-25(20-24)42-2/h3,5-6,9-11,14-17,20,23,26-29H,4,7-8,12-13,18-19,21H2,1-2H3,(H,34,39)(H,35,38)/t26-,27-,28-,29+,33-/m1/s1. The molecule has 222 valence electrons. The minimum absolute atomic E-state index is 0.102.